The molecule has 0 rings (SSSR count). The molecule has 0 aliphatic carbocycles. The highest BCUT2D eigenvalue weighted by molar-refractivity contribution is 5.72. The summed E-state index contributed by atoms with van der Waals surface area (Å²) in [6.45, 7) is 4.49. The van der Waals surface area contributed by atoms with Crippen molar-refractivity contribution in [2.75, 3.05) is 41.0 Å². The number of hydrogen-bond acceptors (Lipinski definition) is 6. The molecule has 0 aromatic carbocycles. The van der Waals surface area contributed by atoms with E-state index in [1.165, 1.54) is 32.1 Å². The summed E-state index contributed by atoms with van der Waals surface area (Å²) in [6.07, 6.45) is 26.4. The van der Waals surface area contributed by atoms with Gasteiger partial charge in [0.15, 0.2) is 12.1 Å². The van der Waals surface area contributed by atoms with Gasteiger partial charge in [-0.1, -0.05) is 95.2 Å². The van der Waals surface area contributed by atoms with Gasteiger partial charge in [0, 0.05) is 19.3 Å². The predicted octanol–water partition coefficient (Wildman–Crippen LogP) is 7.57. The molecule has 0 saturated heterocycles. The molecule has 0 radical (unpaired) electrons. The first-order chi connectivity index (χ1) is 20.6. The van der Waals surface area contributed by atoms with Crippen LogP contribution in [-0.2, 0) is 28.6 Å². The van der Waals surface area contributed by atoms with Crippen LogP contribution in [0.3, 0.4) is 0 Å². The summed E-state index contributed by atoms with van der Waals surface area (Å²) < 4.78 is 17.0. The van der Waals surface area contributed by atoms with Crippen LogP contribution in [0.1, 0.15) is 117 Å². The Labute approximate surface area is 262 Å². The van der Waals surface area contributed by atoms with Crippen LogP contribution in [0.25, 0.3) is 0 Å². The fourth-order valence-corrected chi connectivity index (χ4v) is 4.46. The molecular weight excluding hydrogens is 546 g/mol. The third-order valence-electron chi connectivity index (χ3n) is 7.05. The lowest BCUT2D eigenvalue weighted by atomic mass is 10.1. The Morgan fingerprint density at radius 2 is 1.30 bits per heavy atom. The summed E-state index contributed by atoms with van der Waals surface area (Å²) in [4.78, 5) is 36.5. The smallest absolute Gasteiger partial charge is 0.362 e. The van der Waals surface area contributed by atoms with Crippen LogP contribution in [0.4, 0.5) is 0 Å². The van der Waals surface area contributed by atoms with E-state index >= 15 is 0 Å². The lowest BCUT2D eigenvalue weighted by molar-refractivity contribution is -0.887. The van der Waals surface area contributed by atoms with E-state index in [1.54, 1.807) is 0 Å². The Morgan fingerprint density at radius 1 is 0.721 bits per heavy atom. The monoisotopic (exact) mass is 608 g/mol. The van der Waals surface area contributed by atoms with Gasteiger partial charge in [0.2, 0.25) is 0 Å². The molecule has 0 aromatic rings. The molecule has 0 spiro atoms. The molecule has 2 unspecified atom stereocenters. The molecule has 8 heteroatoms. The van der Waals surface area contributed by atoms with E-state index in [0.29, 0.717) is 19.3 Å². The topological polar surface area (TPSA) is 99.1 Å². The number of rotatable bonds is 28. The normalized spacial score (nSPS) is 13.6. The summed E-state index contributed by atoms with van der Waals surface area (Å²) in [5.74, 6) is -1.55. The Balaban J connectivity index is 4.59. The third-order valence-corrected chi connectivity index (χ3v) is 7.05. The number of hydrogen-bond donors (Lipinski definition) is 1. The molecule has 0 bridgehead atoms. The zero-order valence-electron chi connectivity index (χ0n) is 27.9. The summed E-state index contributed by atoms with van der Waals surface area (Å²) >= 11 is 0. The summed E-state index contributed by atoms with van der Waals surface area (Å²) in [7, 11) is 5.48. The molecule has 1 N–H and O–H groups in total. The zero-order chi connectivity index (χ0) is 32.2. The van der Waals surface area contributed by atoms with Crippen molar-refractivity contribution in [3.63, 3.8) is 0 Å². The summed E-state index contributed by atoms with van der Waals surface area (Å²) in [5.41, 5.74) is 0. The number of carbonyl (C=O) groups excluding carboxylic acids is 2. The molecule has 248 valence electrons. The fraction of sp³-hybridized carbons (Fsp3) is 0.743. The first-order valence-electron chi connectivity index (χ1n) is 16.5. The summed E-state index contributed by atoms with van der Waals surface area (Å²) in [5, 5.41) is 9.53. The van der Waals surface area contributed by atoms with Gasteiger partial charge in [0.1, 0.15) is 6.61 Å². The van der Waals surface area contributed by atoms with Crippen molar-refractivity contribution in [3.8, 4) is 0 Å². The van der Waals surface area contributed by atoms with Gasteiger partial charge in [-0.15, -0.1) is 0 Å². The van der Waals surface area contributed by atoms with Crippen molar-refractivity contribution >= 4 is 17.9 Å². The van der Waals surface area contributed by atoms with Crippen LogP contribution >= 0.6 is 0 Å². The van der Waals surface area contributed by atoms with Crippen LogP contribution < -0.4 is 0 Å². The van der Waals surface area contributed by atoms with Crippen molar-refractivity contribution < 1.29 is 38.2 Å². The largest absolute Gasteiger partial charge is 0.477 e. The minimum atomic E-state index is -0.886. The molecule has 43 heavy (non-hydrogen) atoms. The number of quaternary nitrogens is 1. The number of carboxylic acid groups (broad SMARTS) is 1. The van der Waals surface area contributed by atoms with Crippen molar-refractivity contribution in [1.29, 1.82) is 0 Å². The lowest BCUT2D eigenvalue weighted by Crippen LogP contribution is -2.50. The number of aliphatic carboxylic acids is 1. The van der Waals surface area contributed by atoms with E-state index in [0.717, 1.165) is 44.9 Å². The minimum Gasteiger partial charge on any atom is -0.477 e. The van der Waals surface area contributed by atoms with Gasteiger partial charge >= 0.3 is 17.9 Å². The molecule has 2 atom stereocenters. The molecule has 0 aliphatic rings. The Hall–Kier alpha value is -2.45. The van der Waals surface area contributed by atoms with Crippen LogP contribution in [0.2, 0.25) is 0 Å². The van der Waals surface area contributed by atoms with Crippen LogP contribution in [-0.4, -0.2) is 80.6 Å². The van der Waals surface area contributed by atoms with E-state index in [9.17, 15) is 19.5 Å². The Kier molecular flexibility index (Phi) is 25.6. The number of ether oxygens (including phenoxy) is 3. The van der Waals surface area contributed by atoms with Gasteiger partial charge in [-0.2, -0.15) is 0 Å². The molecule has 0 amide bonds. The number of carbonyl (C=O) groups is 3. The number of nitrogens with zero attached hydrogens (tertiary/aromatic N) is 1. The van der Waals surface area contributed by atoms with E-state index < -0.39 is 18.1 Å². The van der Waals surface area contributed by atoms with E-state index in [2.05, 4.69) is 50.3 Å². The third kappa shape index (κ3) is 25.7. The highest BCUT2D eigenvalue weighted by atomic mass is 16.6. The van der Waals surface area contributed by atoms with Gasteiger partial charge in [-0.3, -0.25) is 9.59 Å². The van der Waals surface area contributed by atoms with E-state index in [4.69, 9.17) is 14.2 Å². The van der Waals surface area contributed by atoms with Gasteiger partial charge in [0.25, 0.3) is 0 Å². The second-order valence-electron chi connectivity index (χ2n) is 12.0. The first-order valence-corrected chi connectivity index (χ1v) is 16.5. The van der Waals surface area contributed by atoms with Crippen LogP contribution in [0.15, 0.2) is 36.5 Å². The maximum absolute atomic E-state index is 12.5. The average Bonchev–Trinajstić information content (AvgIpc) is 2.94. The van der Waals surface area contributed by atoms with Gasteiger partial charge in [0.05, 0.1) is 34.4 Å². The van der Waals surface area contributed by atoms with Gasteiger partial charge < -0.3 is 23.8 Å². The Bertz CT molecular complexity index is 813. The number of allylic oxidation sites excluding steroid dienone is 6. The Morgan fingerprint density at radius 3 is 1.91 bits per heavy atom. The first kappa shape index (κ1) is 40.5. The molecule has 0 heterocycles. The van der Waals surface area contributed by atoms with Gasteiger partial charge in [-0.05, 0) is 38.5 Å². The van der Waals surface area contributed by atoms with Crippen LogP contribution in [0, 0.1) is 0 Å². The second-order valence-corrected chi connectivity index (χ2v) is 12.0. The molecule has 0 aromatic heterocycles. The highest BCUT2D eigenvalue weighted by Crippen LogP contribution is 2.12. The number of carboxylic acids is 1. The SMILES string of the molecule is CC/C=C/C/C=C/C/C=C/CCCC(=O)OC(COCCC(C(=O)O)[N+](C)(C)C)COC(=O)CCCCCCCCCC. The number of unbranched alkanes of at least 4 members (excludes halogenated alkanes) is 8. The molecule has 0 saturated carbocycles. The maximum Gasteiger partial charge on any atom is 0.362 e. The van der Waals surface area contributed by atoms with E-state index in [-0.39, 0.29) is 42.7 Å². The standard InChI is InChI=1S/C35H61NO7/c1-6-8-10-12-14-16-17-18-20-22-24-26-34(38)43-31(29-41-28-27-32(35(39)40)36(3,4)5)30-42-33(37)25-23-21-19-15-13-11-9-7-2/h8,10,14,16,18,20,31-32H,6-7,9,11-13,15,17,19,21-30H2,1-5H3/p+1/b10-8+,16-14+,20-18+. The van der Waals surface area contributed by atoms with Gasteiger partial charge in [-0.25, -0.2) is 4.79 Å². The van der Waals surface area contributed by atoms with Crippen molar-refractivity contribution in [3.05, 3.63) is 36.5 Å². The van der Waals surface area contributed by atoms with Crippen molar-refractivity contribution in [1.82, 2.24) is 0 Å². The molecule has 0 fully saturated rings. The van der Waals surface area contributed by atoms with Crippen molar-refractivity contribution in [2.24, 2.45) is 0 Å². The summed E-state index contributed by atoms with van der Waals surface area (Å²) in [6, 6.07) is -0.619. The number of esters is 2. The zero-order valence-corrected chi connectivity index (χ0v) is 27.9. The minimum absolute atomic E-state index is 0.0416. The van der Waals surface area contributed by atoms with E-state index in [1.807, 2.05) is 21.1 Å². The second kappa shape index (κ2) is 27.1. The number of likely N-dealkylation sites (N-methyl/N-ethyl adjacent to an activating group) is 1. The predicted molar refractivity (Wildman–Crippen MR) is 174 cm³/mol. The highest BCUT2D eigenvalue weighted by Gasteiger charge is 2.31. The molecule has 8 nitrogen and oxygen atoms in total. The molecular formula is C35H62NO7+. The quantitative estimate of drug-likeness (QED) is 0.0423. The van der Waals surface area contributed by atoms with Crippen LogP contribution in [0.5, 0.6) is 0 Å². The average molecular weight is 609 g/mol. The fourth-order valence-electron chi connectivity index (χ4n) is 4.46. The lowest BCUT2D eigenvalue weighted by Gasteiger charge is -2.31. The maximum atomic E-state index is 12.5. The molecule has 0 aliphatic heterocycles. The van der Waals surface area contributed by atoms with Crippen molar-refractivity contribution in [2.45, 2.75) is 129 Å².